The summed E-state index contributed by atoms with van der Waals surface area (Å²) in [5.74, 6) is 0. The Kier molecular flexibility index (Phi) is 8.15. The van der Waals surface area contributed by atoms with Gasteiger partial charge in [-0.3, -0.25) is 9.88 Å². The van der Waals surface area contributed by atoms with Gasteiger partial charge in [0.25, 0.3) is 0 Å². The maximum Gasteiger partial charge on any atom is 0.101 e. The van der Waals surface area contributed by atoms with E-state index in [1.54, 1.807) is 12.4 Å². The molecule has 0 amide bonds. The van der Waals surface area contributed by atoms with Crippen molar-refractivity contribution in [1.82, 2.24) is 14.5 Å². The van der Waals surface area contributed by atoms with Crippen LogP contribution in [0, 0.1) is 11.3 Å². The van der Waals surface area contributed by atoms with Gasteiger partial charge >= 0.3 is 0 Å². The normalized spacial score (nSPS) is 13.7. The minimum atomic E-state index is 0.581. The van der Waals surface area contributed by atoms with Crippen molar-refractivity contribution in [2.45, 2.75) is 13.8 Å². The second-order valence-electron chi connectivity index (χ2n) is 8.35. The van der Waals surface area contributed by atoms with E-state index in [-0.39, 0.29) is 0 Å². The maximum absolute atomic E-state index is 9.44. The molecule has 2 aromatic carbocycles. The molecule has 35 heavy (non-hydrogen) atoms. The number of rotatable bonds is 6. The first-order chi connectivity index (χ1) is 17.2. The van der Waals surface area contributed by atoms with Crippen LogP contribution in [0.1, 0.15) is 19.4 Å². The molecule has 3 heterocycles. The van der Waals surface area contributed by atoms with Crippen molar-refractivity contribution in [3.63, 3.8) is 0 Å². The van der Waals surface area contributed by atoms with Crippen LogP contribution >= 0.6 is 0 Å². The van der Waals surface area contributed by atoms with E-state index in [2.05, 4.69) is 74.4 Å². The lowest BCUT2D eigenvalue weighted by atomic mass is 10.0. The van der Waals surface area contributed by atoms with E-state index >= 15 is 0 Å². The molecule has 6 heteroatoms. The van der Waals surface area contributed by atoms with Gasteiger partial charge in [0.05, 0.1) is 18.8 Å². The first-order valence-corrected chi connectivity index (χ1v) is 12.3. The van der Waals surface area contributed by atoms with E-state index in [4.69, 9.17) is 4.74 Å². The average molecular weight is 468 g/mol. The molecule has 0 saturated carbocycles. The van der Waals surface area contributed by atoms with Crippen LogP contribution in [-0.2, 0) is 11.8 Å². The SMILES string of the molecule is CC.Cn1c(-c2ccc3cc(NCCN4CCOCC4)ccc3c2)ccc1-c1ccncc1C#N. The summed E-state index contributed by atoms with van der Waals surface area (Å²) < 4.78 is 7.55. The summed E-state index contributed by atoms with van der Waals surface area (Å²) in [6, 6.07) is 21.4. The Bertz CT molecular complexity index is 1310. The van der Waals surface area contributed by atoms with Crippen LogP contribution in [0.25, 0.3) is 33.3 Å². The smallest absolute Gasteiger partial charge is 0.101 e. The first kappa shape index (κ1) is 24.5. The summed E-state index contributed by atoms with van der Waals surface area (Å²) in [4.78, 5) is 6.51. The molecule has 0 spiro atoms. The highest BCUT2D eigenvalue weighted by atomic mass is 16.5. The maximum atomic E-state index is 9.44. The zero-order chi connectivity index (χ0) is 24.6. The van der Waals surface area contributed by atoms with Crippen molar-refractivity contribution in [2.24, 2.45) is 7.05 Å². The number of morpholine rings is 1. The predicted molar refractivity (Wildman–Crippen MR) is 143 cm³/mol. The zero-order valence-electron chi connectivity index (χ0n) is 20.8. The van der Waals surface area contributed by atoms with Gasteiger partial charge in [0, 0.05) is 68.3 Å². The van der Waals surface area contributed by atoms with E-state index in [1.807, 2.05) is 27.0 Å². The number of benzene rings is 2. The molecule has 6 nitrogen and oxygen atoms in total. The van der Waals surface area contributed by atoms with E-state index < -0.39 is 0 Å². The minimum Gasteiger partial charge on any atom is -0.384 e. The molecule has 180 valence electrons. The van der Waals surface area contributed by atoms with Gasteiger partial charge in [-0.1, -0.05) is 32.0 Å². The third-order valence-electron chi connectivity index (χ3n) is 6.34. The van der Waals surface area contributed by atoms with Gasteiger partial charge < -0.3 is 14.6 Å². The summed E-state index contributed by atoms with van der Waals surface area (Å²) >= 11 is 0. The molecule has 0 bridgehead atoms. The van der Waals surface area contributed by atoms with E-state index in [0.29, 0.717) is 5.56 Å². The minimum absolute atomic E-state index is 0.581. The molecule has 1 fully saturated rings. The van der Waals surface area contributed by atoms with Crippen molar-refractivity contribution in [3.05, 3.63) is 72.6 Å². The molecule has 0 aliphatic carbocycles. The lowest BCUT2D eigenvalue weighted by molar-refractivity contribution is 0.0398. The number of anilines is 1. The second kappa shape index (κ2) is 11.7. The fraction of sp³-hybridized carbons (Fsp3) is 0.310. The fourth-order valence-electron chi connectivity index (χ4n) is 4.48. The number of hydrogen-bond donors (Lipinski definition) is 1. The van der Waals surface area contributed by atoms with Crippen LogP contribution in [0.3, 0.4) is 0 Å². The van der Waals surface area contributed by atoms with Gasteiger partial charge in [0.15, 0.2) is 0 Å². The molecule has 4 aromatic rings. The number of nitriles is 1. The number of nitrogens with one attached hydrogen (secondary N) is 1. The Balaban J connectivity index is 0.00000141. The van der Waals surface area contributed by atoms with Crippen LogP contribution in [0.5, 0.6) is 0 Å². The molecule has 1 saturated heterocycles. The van der Waals surface area contributed by atoms with E-state index in [1.165, 1.54) is 10.8 Å². The molecule has 0 unspecified atom stereocenters. The number of aromatic nitrogens is 2. The molecule has 0 radical (unpaired) electrons. The standard InChI is InChI=1S/C27H27N5O.C2H6/c1-31-26(6-7-27(31)25-8-9-29-19-23(25)18-28)22-3-2-21-17-24(5-4-20(21)16-22)30-10-11-32-12-14-33-15-13-32;1-2/h2-9,16-17,19,30H,10-15H2,1H3;1-2H3. The van der Waals surface area contributed by atoms with Gasteiger partial charge in [-0.25, -0.2) is 0 Å². The Labute approximate surface area is 207 Å². The summed E-state index contributed by atoms with van der Waals surface area (Å²) in [6.07, 6.45) is 3.34. The van der Waals surface area contributed by atoms with Crippen LogP contribution in [0.2, 0.25) is 0 Å². The summed E-state index contributed by atoms with van der Waals surface area (Å²) in [7, 11) is 2.04. The number of pyridine rings is 1. The van der Waals surface area contributed by atoms with Gasteiger partial charge in [-0.2, -0.15) is 5.26 Å². The topological polar surface area (TPSA) is 66.1 Å². The first-order valence-electron chi connectivity index (χ1n) is 12.3. The van der Waals surface area contributed by atoms with Crippen molar-refractivity contribution in [1.29, 1.82) is 5.26 Å². The molecule has 1 N–H and O–H groups in total. The van der Waals surface area contributed by atoms with Gasteiger partial charge in [-0.05, 0) is 52.7 Å². The molecular formula is C29H33N5O. The van der Waals surface area contributed by atoms with Crippen LogP contribution < -0.4 is 5.32 Å². The lowest BCUT2D eigenvalue weighted by Crippen LogP contribution is -2.38. The summed E-state index contributed by atoms with van der Waals surface area (Å²) in [5.41, 5.74) is 5.89. The van der Waals surface area contributed by atoms with Crippen molar-refractivity contribution in [2.75, 3.05) is 44.7 Å². The Morgan fingerprint density at radius 2 is 1.71 bits per heavy atom. The second-order valence-corrected chi connectivity index (χ2v) is 8.35. The highest BCUT2D eigenvalue weighted by Gasteiger charge is 2.13. The zero-order valence-corrected chi connectivity index (χ0v) is 20.8. The van der Waals surface area contributed by atoms with Gasteiger partial charge in [0.1, 0.15) is 6.07 Å². The highest BCUT2D eigenvalue weighted by Crippen LogP contribution is 2.31. The lowest BCUT2D eigenvalue weighted by Gasteiger charge is -2.26. The third kappa shape index (κ3) is 5.54. The molecule has 2 aromatic heterocycles. The van der Waals surface area contributed by atoms with E-state index in [0.717, 1.165) is 67.6 Å². The molecule has 1 aliphatic heterocycles. The number of hydrogen-bond acceptors (Lipinski definition) is 5. The van der Waals surface area contributed by atoms with Crippen molar-refractivity contribution in [3.8, 4) is 28.6 Å². The fourth-order valence-corrected chi connectivity index (χ4v) is 4.48. The Morgan fingerprint density at radius 3 is 2.51 bits per heavy atom. The largest absolute Gasteiger partial charge is 0.384 e. The average Bonchev–Trinajstić information content (AvgIpc) is 3.31. The Morgan fingerprint density at radius 1 is 0.971 bits per heavy atom. The van der Waals surface area contributed by atoms with Crippen molar-refractivity contribution < 1.29 is 4.74 Å². The molecular weight excluding hydrogens is 434 g/mol. The van der Waals surface area contributed by atoms with Gasteiger partial charge in [0.2, 0.25) is 0 Å². The highest BCUT2D eigenvalue weighted by molar-refractivity contribution is 5.89. The quantitative estimate of drug-likeness (QED) is 0.403. The van der Waals surface area contributed by atoms with Crippen LogP contribution in [0.4, 0.5) is 5.69 Å². The monoisotopic (exact) mass is 467 g/mol. The number of nitrogens with zero attached hydrogens (tertiary/aromatic N) is 4. The van der Waals surface area contributed by atoms with Gasteiger partial charge in [-0.15, -0.1) is 0 Å². The Hall–Kier alpha value is -3.66. The van der Waals surface area contributed by atoms with Crippen molar-refractivity contribution >= 4 is 16.5 Å². The molecule has 1 aliphatic rings. The van der Waals surface area contributed by atoms with E-state index in [9.17, 15) is 5.26 Å². The number of fused-ring (bicyclic) bond motifs is 1. The molecule has 0 atom stereocenters. The number of ether oxygens (including phenoxy) is 1. The molecule has 5 rings (SSSR count). The van der Waals surface area contributed by atoms with Crippen LogP contribution in [0.15, 0.2) is 67.0 Å². The third-order valence-corrected chi connectivity index (χ3v) is 6.34. The predicted octanol–water partition coefficient (Wildman–Crippen LogP) is 5.55. The summed E-state index contributed by atoms with van der Waals surface area (Å²) in [5, 5.41) is 15.4. The summed E-state index contributed by atoms with van der Waals surface area (Å²) in [6.45, 7) is 9.66. The van der Waals surface area contributed by atoms with Crippen LogP contribution in [-0.4, -0.2) is 53.8 Å².